The van der Waals surface area contributed by atoms with E-state index in [4.69, 9.17) is 35.8 Å². The molecule has 3 aliphatic carbocycles. The van der Waals surface area contributed by atoms with Crippen LogP contribution >= 0.6 is 22.9 Å². The number of carboxylic acid groups (broad SMARTS) is 1. The molecule has 3 saturated carbocycles. The minimum atomic E-state index is -1.53. The van der Waals surface area contributed by atoms with E-state index in [9.17, 15) is 24.3 Å². The van der Waals surface area contributed by atoms with Crippen molar-refractivity contribution in [3.8, 4) is 22.9 Å². The number of carbonyl (C=O) groups excluding carboxylic acids is 3. The van der Waals surface area contributed by atoms with Gasteiger partial charge in [-0.2, -0.15) is 0 Å². The second kappa shape index (κ2) is 15.3. The third kappa shape index (κ3) is 8.09. The first-order valence-corrected chi connectivity index (χ1v) is 20.7. The van der Waals surface area contributed by atoms with Gasteiger partial charge in [-0.05, 0) is 75.8 Å². The number of carboxylic acids is 1. The van der Waals surface area contributed by atoms with Crippen molar-refractivity contribution in [2.75, 3.05) is 19.0 Å². The summed E-state index contributed by atoms with van der Waals surface area (Å²) in [5.41, 5.74) is -0.768. The lowest BCUT2D eigenvalue weighted by molar-refractivity contribution is -0.146. The minimum Gasteiger partial charge on any atom is -0.495 e. The summed E-state index contributed by atoms with van der Waals surface area (Å²) in [6.45, 7) is 15.2. The van der Waals surface area contributed by atoms with Gasteiger partial charge in [-0.1, -0.05) is 38.4 Å². The van der Waals surface area contributed by atoms with Gasteiger partial charge in [0, 0.05) is 34.7 Å². The van der Waals surface area contributed by atoms with Gasteiger partial charge in [0.05, 0.1) is 24.9 Å². The lowest BCUT2D eigenvalue weighted by Crippen LogP contribution is -2.59. The van der Waals surface area contributed by atoms with E-state index in [1.54, 1.807) is 18.2 Å². The number of halogens is 1. The van der Waals surface area contributed by atoms with Gasteiger partial charge in [-0.25, -0.2) is 19.6 Å². The largest absolute Gasteiger partial charge is 0.495 e. The topological polar surface area (TPSA) is 181 Å². The predicted octanol–water partition coefficient (Wildman–Crippen LogP) is 6.58. The molecule has 3 heterocycles. The van der Waals surface area contributed by atoms with E-state index in [1.807, 2.05) is 41.5 Å². The maximum absolute atomic E-state index is 14.7. The number of ether oxygens (including phenoxy) is 3. The number of amides is 3. The van der Waals surface area contributed by atoms with Crippen molar-refractivity contribution < 1.29 is 38.5 Å². The summed E-state index contributed by atoms with van der Waals surface area (Å²) in [5.74, 6) is -0.801. The molecule has 4 N–H and O–H groups in total. The summed E-state index contributed by atoms with van der Waals surface area (Å²) in [4.78, 5) is 66.6. The van der Waals surface area contributed by atoms with Gasteiger partial charge in [0.25, 0.3) is 0 Å². The van der Waals surface area contributed by atoms with Crippen molar-refractivity contribution >= 4 is 62.8 Å². The van der Waals surface area contributed by atoms with Crippen molar-refractivity contribution in [2.45, 2.75) is 110 Å². The lowest BCUT2D eigenvalue weighted by Gasteiger charge is -2.35. The number of pyridine rings is 1. The van der Waals surface area contributed by atoms with Gasteiger partial charge in [-0.3, -0.25) is 9.59 Å². The summed E-state index contributed by atoms with van der Waals surface area (Å²) >= 11 is 8.35. The van der Waals surface area contributed by atoms with Crippen molar-refractivity contribution in [1.82, 2.24) is 25.5 Å². The summed E-state index contributed by atoms with van der Waals surface area (Å²) < 4.78 is 18.0. The molecule has 7 rings (SSSR count). The van der Waals surface area contributed by atoms with Gasteiger partial charge < -0.3 is 40.2 Å². The van der Waals surface area contributed by atoms with Crippen molar-refractivity contribution in [3.05, 3.63) is 40.8 Å². The monoisotopic (exact) mass is 822 g/mol. The number of rotatable bonds is 13. The first kappa shape index (κ1) is 40.6. The molecule has 1 aliphatic heterocycles. The number of hydrogen-bond donors (Lipinski definition) is 4. The molecule has 4 fully saturated rings. The number of hydrogen-bond acceptors (Lipinski definition) is 11. The van der Waals surface area contributed by atoms with Crippen LogP contribution in [0, 0.1) is 30.1 Å². The van der Waals surface area contributed by atoms with Gasteiger partial charge >= 0.3 is 12.1 Å². The first-order chi connectivity index (χ1) is 26.9. The van der Waals surface area contributed by atoms with Crippen LogP contribution in [0.25, 0.3) is 22.3 Å². The summed E-state index contributed by atoms with van der Waals surface area (Å²) in [7, 11) is 1.52. The smallest absolute Gasteiger partial charge is 0.408 e. The van der Waals surface area contributed by atoms with Crippen LogP contribution in [0.5, 0.6) is 11.5 Å². The molecule has 1 saturated heterocycles. The Morgan fingerprint density at radius 1 is 1.09 bits per heavy atom. The number of anilines is 1. The molecule has 57 heavy (non-hydrogen) atoms. The molecule has 14 nitrogen and oxygen atoms in total. The fourth-order valence-electron chi connectivity index (χ4n) is 8.27. The van der Waals surface area contributed by atoms with E-state index >= 15 is 0 Å². The van der Waals surface area contributed by atoms with Crippen LogP contribution in [0.2, 0.25) is 5.02 Å². The minimum absolute atomic E-state index is 0.0272. The molecule has 0 spiro atoms. The van der Waals surface area contributed by atoms with E-state index in [0.717, 1.165) is 22.9 Å². The highest BCUT2D eigenvalue weighted by Crippen LogP contribution is 2.52. The van der Waals surface area contributed by atoms with Gasteiger partial charge in [0.1, 0.15) is 52.0 Å². The molecule has 0 radical (unpaired) electrons. The van der Waals surface area contributed by atoms with E-state index in [0.29, 0.717) is 45.6 Å². The molecule has 3 amide bonds. The standard InChI is InChI=1S/C41H51ClN6O8S/c1-9-23-17-41(23,37(51)52)47-35(49)28-15-25(18-48(28)36(50)34(40(5,6)7)46-39(53)56-24-13-21-12-22(21)14-24)55-30-16-27(32-20(4)57-38(45-32)43-19(2)3)44-33-26(30)10-11-29(54-8)31(33)42/h9-11,16,19,21-25,28,34H,1,12-15,17-18H2,2-8H3,(H,43,45)(H,46,53)(H,47,49)(H,51,52)/t21-,22+,23-,24+,25-,28+,34-,41-/m1/s1. The molecule has 0 bridgehead atoms. The Morgan fingerprint density at radius 3 is 2.42 bits per heavy atom. The zero-order chi connectivity index (χ0) is 41.1. The van der Waals surface area contributed by atoms with E-state index < -0.39 is 58.9 Å². The average molecular weight is 823 g/mol. The Labute approximate surface area is 341 Å². The number of alkyl carbamates (subject to hydrolysis) is 1. The first-order valence-electron chi connectivity index (χ1n) is 19.5. The Hall–Kier alpha value is -4.63. The number of carbonyl (C=O) groups is 4. The van der Waals surface area contributed by atoms with Crippen LogP contribution in [0.15, 0.2) is 30.9 Å². The number of fused-ring (bicyclic) bond motifs is 2. The third-order valence-corrected chi connectivity index (χ3v) is 12.8. The molecule has 8 atom stereocenters. The third-order valence-electron chi connectivity index (χ3n) is 11.5. The van der Waals surface area contributed by atoms with Crippen molar-refractivity contribution in [1.29, 1.82) is 0 Å². The Kier molecular flexibility index (Phi) is 10.9. The summed E-state index contributed by atoms with van der Waals surface area (Å²) in [5, 5.41) is 20.6. The number of nitrogens with zero attached hydrogens (tertiary/aromatic N) is 3. The molecule has 306 valence electrons. The zero-order valence-electron chi connectivity index (χ0n) is 33.3. The molecule has 1 aromatic carbocycles. The fraction of sp³-hybridized carbons (Fsp3) is 0.561. The molecule has 2 aromatic heterocycles. The Bertz CT molecular complexity index is 2110. The lowest BCUT2D eigenvalue weighted by atomic mass is 9.85. The number of thiazole rings is 1. The van der Waals surface area contributed by atoms with Gasteiger partial charge in [-0.15, -0.1) is 17.9 Å². The highest BCUT2D eigenvalue weighted by atomic mass is 35.5. The maximum Gasteiger partial charge on any atom is 0.408 e. The maximum atomic E-state index is 14.7. The molecule has 0 unspecified atom stereocenters. The molecule has 3 aromatic rings. The number of aliphatic carboxylic acids is 1. The number of methoxy groups -OCH3 is 1. The summed E-state index contributed by atoms with van der Waals surface area (Å²) in [6, 6.07) is 3.22. The molecule has 4 aliphatic rings. The molecular weight excluding hydrogens is 772 g/mol. The zero-order valence-corrected chi connectivity index (χ0v) is 34.9. The summed E-state index contributed by atoms with van der Waals surface area (Å²) in [6.07, 6.45) is 2.89. The normalized spacial score (nSPS) is 26.7. The molecule has 16 heteroatoms. The SMILES string of the molecule is C=C[C@@H]1C[C@]1(NC(=O)[C@@H]1C[C@@H](Oc2cc(-c3nc(NC(C)C)sc3C)nc3c(Cl)c(OC)ccc23)CN1C(=O)[C@@H](NC(=O)O[C@@H]1C[C@@H]2C[C@@H]2C1)C(C)(C)C)C(=O)O. The quantitative estimate of drug-likeness (QED) is 0.137. The predicted molar refractivity (Wildman–Crippen MR) is 217 cm³/mol. The van der Waals surface area contributed by atoms with Gasteiger partial charge in [0.2, 0.25) is 11.8 Å². The van der Waals surface area contributed by atoms with Crippen molar-refractivity contribution in [2.24, 2.45) is 23.2 Å². The van der Waals surface area contributed by atoms with Crippen LogP contribution < -0.4 is 25.4 Å². The highest BCUT2D eigenvalue weighted by Gasteiger charge is 2.61. The number of aromatic nitrogens is 2. The van der Waals surface area contributed by atoms with Crippen molar-refractivity contribution in [3.63, 3.8) is 0 Å². The van der Waals surface area contributed by atoms with Crippen LogP contribution in [0.1, 0.15) is 71.6 Å². The van der Waals surface area contributed by atoms with Gasteiger partial charge in [0.15, 0.2) is 5.13 Å². The number of nitrogens with one attached hydrogen (secondary N) is 3. The van der Waals surface area contributed by atoms with Crippen LogP contribution in [0.4, 0.5) is 9.93 Å². The van der Waals surface area contributed by atoms with Crippen LogP contribution in [-0.4, -0.2) is 93.4 Å². The number of likely N-dealkylation sites (tertiary alicyclic amines) is 1. The Morgan fingerprint density at radius 2 is 1.81 bits per heavy atom. The molecular formula is C41H51ClN6O8S. The average Bonchev–Trinajstić information content (AvgIpc) is 3.86. The number of aryl methyl sites for hydroxylation is 1. The second-order valence-electron chi connectivity index (χ2n) is 17.2. The highest BCUT2D eigenvalue weighted by molar-refractivity contribution is 7.16. The second-order valence-corrected chi connectivity index (χ2v) is 18.8. The van der Waals surface area contributed by atoms with E-state index in [1.165, 1.54) is 35.8 Å². The van der Waals surface area contributed by atoms with Crippen LogP contribution in [0.3, 0.4) is 0 Å². The Balaban J connectivity index is 1.22. The van der Waals surface area contributed by atoms with E-state index in [2.05, 4.69) is 22.5 Å². The number of benzene rings is 1. The fourth-order valence-corrected chi connectivity index (χ4v) is 9.53. The van der Waals surface area contributed by atoms with Crippen LogP contribution in [-0.2, 0) is 19.1 Å². The van der Waals surface area contributed by atoms with E-state index in [-0.39, 0.29) is 36.6 Å².